The zero-order valence-electron chi connectivity index (χ0n) is 14.2. The van der Waals surface area contributed by atoms with Gasteiger partial charge in [0.05, 0.1) is 16.3 Å². The van der Waals surface area contributed by atoms with E-state index < -0.39 is 0 Å². The van der Waals surface area contributed by atoms with Crippen LogP contribution in [0.2, 0.25) is 0 Å². The molecular formula is C20H21N3OS. The third kappa shape index (κ3) is 3.24. The van der Waals surface area contributed by atoms with E-state index in [1.54, 1.807) is 11.3 Å². The van der Waals surface area contributed by atoms with Gasteiger partial charge in [0.25, 0.3) is 0 Å². The largest absolute Gasteiger partial charge is 0.322 e. The predicted octanol–water partition coefficient (Wildman–Crippen LogP) is 5.23. The van der Waals surface area contributed by atoms with Crippen molar-refractivity contribution >= 4 is 33.3 Å². The van der Waals surface area contributed by atoms with E-state index in [9.17, 15) is 4.79 Å². The molecule has 1 N–H and O–H groups in total. The van der Waals surface area contributed by atoms with E-state index in [-0.39, 0.29) is 12.1 Å². The zero-order chi connectivity index (χ0) is 17.2. The number of fused-ring (bicyclic) bond motifs is 1. The molecule has 1 atom stereocenters. The maximum absolute atomic E-state index is 12.8. The maximum atomic E-state index is 12.8. The second kappa shape index (κ2) is 6.84. The fourth-order valence-corrected chi connectivity index (χ4v) is 4.48. The lowest BCUT2D eigenvalue weighted by Gasteiger charge is -2.23. The standard InChI is InChI=1S/C20H21N3OS/c1-2-14-7-5-8-15(13-14)21-20(24)23-12-6-10-17(23)19-22-16-9-3-4-11-18(16)25-19/h3-5,7-9,11,13,17H,2,6,10,12H2,1H3,(H,21,24). The van der Waals surface area contributed by atoms with Crippen LogP contribution in [0.1, 0.15) is 36.4 Å². The SMILES string of the molecule is CCc1cccc(NC(=O)N2CCCC2c2nc3ccccc3s2)c1. The number of nitrogens with zero attached hydrogens (tertiary/aromatic N) is 2. The van der Waals surface area contributed by atoms with E-state index in [1.165, 1.54) is 10.3 Å². The number of aromatic nitrogens is 1. The van der Waals surface area contributed by atoms with E-state index in [1.807, 2.05) is 41.3 Å². The molecule has 0 radical (unpaired) electrons. The van der Waals surface area contributed by atoms with E-state index in [4.69, 9.17) is 4.98 Å². The van der Waals surface area contributed by atoms with Crippen LogP contribution < -0.4 is 5.32 Å². The molecule has 4 rings (SSSR count). The molecule has 1 aromatic heterocycles. The van der Waals surface area contributed by atoms with Crippen LogP contribution in [0.5, 0.6) is 0 Å². The van der Waals surface area contributed by atoms with Gasteiger partial charge in [-0.3, -0.25) is 0 Å². The summed E-state index contributed by atoms with van der Waals surface area (Å²) in [5, 5.41) is 4.09. The van der Waals surface area contributed by atoms with Gasteiger partial charge in [-0.15, -0.1) is 11.3 Å². The predicted molar refractivity (Wildman–Crippen MR) is 103 cm³/mol. The first-order valence-electron chi connectivity index (χ1n) is 8.76. The molecule has 3 aromatic rings. The summed E-state index contributed by atoms with van der Waals surface area (Å²) in [6, 6.07) is 16.3. The molecule has 128 valence electrons. The van der Waals surface area contributed by atoms with Crippen molar-refractivity contribution in [2.75, 3.05) is 11.9 Å². The Morgan fingerprint density at radius 2 is 2.16 bits per heavy atom. The Hall–Kier alpha value is -2.40. The van der Waals surface area contributed by atoms with Crippen LogP contribution in [-0.2, 0) is 6.42 Å². The molecular weight excluding hydrogens is 330 g/mol. The number of carbonyl (C=O) groups excluding carboxylic acids is 1. The van der Waals surface area contributed by atoms with Crippen LogP contribution in [-0.4, -0.2) is 22.5 Å². The van der Waals surface area contributed by atoms with Gasteiger partial charge in [-0.25, -0.2) is 9.78 Å². The van der Waals surface area contributed by atoms with Crippen LogP contribution in [0.15, 0.2) is 48.5 Å². The second-order valence-electron chi connectivity index (χ2n) is 6.36. The van der Waals surface area contributed by atoms with Gasteiger partial charge in [-0.05, 0) is 49.1 Å². The van der Waals surface area contributed by atoms with Gasteiger partial charge in [0.2, 0.25) is 0 Å². The molecule has 1 unspecified atom stereocenters. The lowest BCUT2D eigenvalue weighted by atomic mass is 10.1. The molecule has 1 aliphatic rings. The minimum absolute atomic E-state index is 0.0324. The van der Waals surface area contributed by atoms with Crippen LogP contribution in [0.4, 0.5) is 10.5 Å². The van der Waals surface area contributed by atoms with Crippen LogP contribution in [0.25, 0.3) is 10.2 Å². The smallest absolute Gasteiger partial charge is 0.315 e. The Morgan fingerprint density at radius 1 is 1.28 bits per heavy atom. The van der Waals surface area contributed by atoms with Crippen LogP contribution >= 0.6 is 11.3 Å². The molecule has 2 heterocycles. The summed E-state index contributed by atoms with van der Waals surface area (Å²) in [5.41, 5.74) is 3.10. The topological polar surface area (TPSA) is 45.2 Å². The van der Waals surface area contributed by atoms with E-state index in [0.717, 1.165) is 42.0 Å². The fraction of sp³-hybridized carbons (Fsp3) is 0.300. The Labute approximate surface area is 151 Å². The molecule has 0 bridgehead atoms. The minimum Gasteiger partial charge on any atom is -0.315 e. The van der Waals surface area contributed by atoms with Crippen molar-refractivity contribution in [2.45, 2.75) is 32.2 Å². The van der Waals surface area contributed by atoms with Gasteiger partial charge in [0.1, 0.15) is 5.01 Å². The zero-order valence-corrected chi connectivity index (χ0v) is 15.1. The normalized spacial score (nSPS) is 17.2. The van der Waals surface area contributed by atoms with Gasteiger partial charge < -0.3 is 10.2 Å². The molecule has 1 saturated heterocycles. The number of likely N-dealkylation sites (tertiary alicyclic amines) is 1. The van der Waals surface area contributed by atoms with Crippen molar-refractivity contribution in [1.29, 1.82) is 0 Å². The fourth-order valence-electron chi connectivity index (χ4n) is 3.36. The third-order valence-corrected chi connectivity index (χ3v) is 5.83. The maximum Gasteiger partial charge on any atom is 0.322 e. The molecule has 1 aliphatic heterocycles. The van der Waals surface area contributed by atoms with Crippen molar-refractivity contribution in [3.8, 4) is 0 Å². The monoisotopic (exact) mass is 351 g/mol. The highest BCUT2D eigenvalue weighted by Gasteiger charge is 2.32. The average Bonchev–Trinajstić information content (AvgIpc) is 3.28. The van der Waals surface area contributed by atoms with Gasteiger partial charge >= 0.3 is 6.03 Å². The number of amides is 2. The second-order valence-corrected chi connectivity index (χ2v) is 7.42. The lowest BCUT2D eigenvalue weighted by Crippen LogP contribution is -2.34. The molecule has 0 saturated carbocycles. The highest BCUT2D eigenvalue weighted by atomic mass is 32.1. The number of nitrogens with one attached hydrogen (secondary N) is 1. The summed E-state index contributed by atoms with van der Waals surface area (Å²) in [6.07, 6.45) is 2.95. The Morgan fingerprint density at radius 3 is 3.00 bits per heavy atom. The third-order valence-electron chi connectivity index (χ3n) is 4.70. The van der Waals surface area contributed by atoms with Gasteiger partial charge in [-0.2, -0.15) is 0 Å². The summed E-state index contributed by atoms with van der Waals surface area (Å²) < 4.78 is 1.18. The number of para-hydroxylation sites is 1. The molecule has 2 aromatic carbocycles. The first kappa shape index (κ1) is 16.1. The van der Waals surface area contributed by atoms with Crippen molar-refractivity contribution in [1.82, 2.24) is 9.88 Å². The van der Waals surface area contributed by atoms with Crippen LogP contribution in [0, 0.1) is 0 Å². The molecule has 2 amide bonds. The number of carbonyl (C=O) groups is 1. The highest BCUT2D eigenvalue weighted by molar-refractivity contribution is 7.18. The first-order valence-corrected chi connectivity index (χ1v) is 9.58. The van der Waals surface area contributed by atoms with Gasteiger partial charge in [-0.1, -0.05) is 31.2 Å². The number of urea groups is 1. The number of thiazole rings is 1. The molecule has 25 heavy (non-hydrogen) atoms. The molecule has 5 heteroatoms. The van der Waals surface area contributed by atoms with E-state index >= 15 is 0 Å². The van der Waals surface area contributed by atoms with E-state index in [2.05, 4.69) is 24.4 Å². The van der Waals surface area contributed by atoms with Gasteiger partial charge in [0, 0.05) is 12.2 Å². The number of rotatable bonds is 3. The van der Waals surface area contributed by atoms with Crippen molar-refractivity contribution < 1.29 is 4.79 Å². The molecule has 1 fully saturated rings. The summed E-state index contributed by atoms with van der Waals surface area (Å²) >= 11 is 1.70. The number of aryl methyl sites for hydroxylation is 1. The summed E-state index contributed by atoms with van der Waals surface area (Å²) in [4.78, 5) is 19.5. The van der Waals surface area contributed by atoms with Gasteiger partial charge in [0.15, 0.2) is 0 Å². The molecule has 0 aliphatic carbocycles. The minimum atomic E-state index is -0.0324. The lowest BCUT2D eigenvalue weighted by molar-refractivity contribution is 0.207. The summed E-state index contributed by atoms with van der Waals surface area (Å²) in [7, 11) is 0. The number of anilines is 1. The quantitative estimate of drug-likeness (QED) is 0.702. The summed E-state index contributed by atoms with van der Waals surface area (Å²) in [5.74, 6) is 0. The van der Waals surface area contributed by atoms with Crippen molar-refractivity contribution in [2.24, 2.45) is 0 Å². The Bertz CT molecular complexity index is 872. The first-order chi connectivity index (χ1) is 12.2. The molecule has 4 nitrogen and oxygen atoms in total. The molecule has 0 spiro atoms. The average molecular weight is 351 g/mol. The van der Waals surface area contributed by atoms with Crippen LogP contribution in [0.3, 0.4) is 0 Å². The Balaban J connectivity index is 1.55. The number of hydrogen-bond donors (Lipinski definition) is 1. The highest BCUT2D eigenvalue weighted by Crippen LogP contribution is 2.36. The van der Waals surface area contributed by atoms with Crippen molar-refractivity contribution in [3.63, 3.8) is 0 Å². The van der Waals surface area contributed by atoms with Crippen molar-refractivity contribution in [3.05, 3.63) is 59.1 Å². The number of benzene rings is 2. The Kier molecular flexibility index (Phi) is 4.40. The number of hydrogen-bond acceptors (Lipinski definition) is 3. The summed E-state index contributed by atoms with van der Waals surface area (Å²) in [6.45, 7) is 2.89. The van der Waals surface area contributed by atoms with E-state index in [0.29, 0.717) is 0 Å².